The van der Waals surface area contributed by atoms with Gasteiger partial charge < -0.3 is 15.4 Å². The molecule has 0 aromatic heterocycles. The van der Waals surface area contributed by atoms with Gasteiger partial charge in [0.15, 0.2) is 0 Å². The molecule has 2 rings (SSSR count). The Labute approximate surface area is 139 Å². The number of methoxy groups -OCH3 is 1. The first kappa shape index (κ1) is 18.9. The SMILES string of the molecule is COCc1cccc(NC(=O)CC(C)C2CCNCC2)c1.Cl. The van der Waals surface area contributed by atoms with Crippen LogP contribution in [0.2, 0.25) is 0 Å². The number of ether oxygens (including phenoxy) is 1. The van der Waals surface area contributed by atoms with Crippen LogP contribution in [0.1, 0.15) is 31.7 Å². The van der Waals surface area contributed by atoms with Crippen molar-refractivity contribution >= 4 is 24.0 Å². The molecular formula is C17H27ClN2O2. The van der Waals surface area contributed by atoms with Gasteiger partial charge in [-0.2, -0.15) is 0 Å². The monoisotopic (exact) mass is 326 g/mol. The van der Waals surface area contributed by atoms with Gasteiger partial charge in [-0.15, -0.1) is 12.4 Å². The highest BCUT2D eigenvalue weighted by molar-refractivity contribution is 5.90. The molecule has 1 aromatic carbocycles. The van der Waals surface area contributed by atoms with Gasteiger partial charge in [0.05, 0.1) is 6.61 Å². The van der Waals surface area contributed by atoms with Crippen molar-refractivity contribution < 1.29 is 9.53 Å². The van der Waals surface area contributed by atoms with E-state index in [1.54, 1.807) is 7.11 Å². The summed E-state index contributed by atoms with van der Waals surface area (Å²) >= 11 is 0. The molecule has 1 saturated heterocycles. The lowest BCUT2D eigenvalue weighted by atomic mass is 9.84. The van der Waals surface area contributed by atoms with E-state index in [0.29, 0.717) is 24.9 Å². The van der Waals surface area contributed by atoms with Gasteiger partial charge in [0.1, 0.15) is 0 Å². The summed E-state index contributed by atoms with van der Waals surface area (Å²) in [6, 6.07) is 7.83. The van der Waals surface area contributed by atoms with Gasteiger partial charge in [-0.05, 0) is 55.5 Å². The van der Waals surface area contributed by atoms with Crippen LogP contribution in [-0.4, -0.2) is 26.1 Å². The molecular weight excluding hydrogens is 300 g/mol. The first-order valence-corrected chi connectivity index (χ1v) is 7.77. The number of anilines is 1. The number of benzene rings is 1. The molecule has 1 atom stereocenters. The highest BCUT2D eigenvalue weighted by Gasteiger charge is 2.21. The van der Waals surface area contributed by atoms with Crippen LogP contribution in [0.25, 0.3) is 0 Å². The molecule has 1 amide bonds. The van der Waals surface area contributed by atoms with E-state index in [-0.39, 0.29) is 18.3 Å². The van der Waals surface area contributed by atoms with Gasteiger partial charge in [0, 0.05) is 19.2 Å². The van der Waals surface area contributed by atoms with E-state index < -0.39 is 0 Å². The molecule has 1 heterocycles. The van der Waals surface area contributed by atoms with Crippen molar-refractivity contribution in [2.45, 2.75) is 32.8 Å². The molecule has 0 aliphatic carbocycles. The van der Waals surface area contributed by atoms with Gasteiger partial charge in [-0.25, -0.2) is 0 Å². The highest BCUT2D eigenvalue weighted by Crippen LogP contribution is 2.24. The molecule has 0 spiro atoms. The standard InChI is InChI=1S/C17H26N2O2.ClH/c1-13(15-6-8-18-9-7-15)10-17(20)19-16-5-3-4-14(11-16)12-21-2;/h3-5,11,13,15,18H,6-10,12H2,1-2H3,(H,19,20);1H. The number of rotatable bonds is 6. The number of carbonyl (C=O) groups excluding carboxylic acids is 1. The minimum Gasteiger partial charge on any atom is -0.380 e. The van der Waals surface area contributed by atoms with Crippen LogP contribution in [-0.2, 0) is 16.1 Å². The van der Waals surface area contributed by atoms with Gasteiger partial charge >= 0.3 is 0 Å². The number of piperidine rings is 1. The molecule has 2 N–H and O–H groups in total. The molecule has 5 heteroatoms. The second kappa shape index (κ2) is 9.82. The molecule has 0 saturated carbocycles. The maximum atomic E-state index is 12.2. The van der Waals surface area contributed by atoms with Gasteiger partial charge in [0.2, 0.25) is 5.91 Å². The molecule has 124 valence electrons. The Morgan fingerprint density at radius 2 is 2.14 bits per heavy atom. The first-order valence-electron chi connectivity index (χ1n) is 7.77. The fourth-order valence-electron chi connectivity index (χ4n) is 2.99. The molecule has 1 aliphatic heterocycles. The van der Waals surface area contributed by atoms with E-state index in [4.69, 9.17) is 4.74 Å². The Kier molecular flexibility index (Phi) is 8.46. The predicted octanol–water partition coefficient (Wildman–Crippen LogP) is 3.22. The summed E-state index contributed by atoms with van der Waals surface area (Å²) < 4.78 is 5.11. The van der Waals surface area contributed by atoms with Crippen molar-refractivity contribution in [2.24, 2.45) is 11.8 Å². The zero-order chi connectivity index (χ0) is 15.1. The molecule has 1 aliphatic rings. The average Bonchev–Trinajstić information content (AvgIpc) is 2.48. The Balaban J connectivity index is 0.00000242. The summed E-state index contributed by atoms with van der Waals surface area (Å²) in [4.78, 5) is 12.2. The number of nitrogens with one attached hydrogen (secondary N) is 2. The molecule has 0 bridgehead atoms. The minimum atomic E-state index is 0. The molecule has 4 nitrogen and oxygen atoms in total. The largest absolute Gasteiger partial charge is 0.380 e. The van der Waals surface area contributed by atoms with Crippen molar-refractivity contribution in [2.75, 3.05) is 25.5 Å². The minimum absolute atomic E-state index is 0. The molecule has 0 radical (unpaired) electrons. The topological polar surface area (TPSA) is 50.4 Å². The second-order valence-corrected chi connectivity index (χ2v) is 5.95. The van der Waals surface area contributed by atoms with Crippen LogP contribution in [0.5, 0.6) is 0 Å². The fraction of sp³-hybridized carbons (Fsp3) is 0.588. The molecule has 1 unspecified atom stereocenters. The number of carbonyl (C=O) groups is 1. The summed E-state index contributed by atoms with van der Waals surface area (Å²) in [5.74, 6) is 1.21. The van der Waals surface area contributed by atoms with Gasteiger partial charge in [0.25, 0.3) is 0 Å². The maximum Gasteiger partial charge on any atom is 0.224 e. The predicted molar refractivity (Wildman–Crippen MR) is 92.4 cm³/mol. The van der Waals surface area contributed by atoms with Crippen LogP contribution < -0.4 is 10.6 Å². The average molecular weight is 327 g/mol. The summed E-state index contributed by atoms with van der Waals surface area (Å²) in [7, 11) is 1.67. The summed E-state index contributed by atoms with van der Waals surface area (Å²) in [5, 5.41) is 6.37. The summed E-state index contributed by atoms with van der Waals surface area (Å²) in [5.41, 5.74) is 1.92. The second-order valence-electron chi connectivity index (χ2n) is 5.95. The van der Waals surface area contributed by atoms with E-state index in [1.807, 2.05) is 24.3 Å². The molecule has 22 heavy (non-hydrogen) atoms. The first-order chi connectivity index (χ1) is 10.2. The van der Waals surface area contributed by atoms with E-state index in [1.165, 1.54) is 12.8 Å². The van der Waals surface area contributed by atoms with Crippen LogP contribution >= 0.6 is 12.4 Å². The fourth-order valence-corrected chi connectivity index (χ4v) is 2.99. The third-order valence-electron chi connectivity index (χ3n) is 4.22. The normalized spacial score (nSPS) is 16.6. The van der Waals surface area contributed by atoms with Gasteiger partial charge in [-0.1, -0.05) is 19.1 Å². The summed E-state index contributed by atoms with van der Waals surface area (Å²) in [6.07, 6.45) is 2.95. The zero-order valence-electron chi connectivity index (χ0n) is 13.4. The van der Waals surface area contributed by atoms with Crippen LogP contribution in [0.15, 0.2) is 24.3 Å². The summed E-state index contributed by atoms with van der Waals surface area (Å²) in [6.45, 7) is 4.91. The number of hydrogen-bond acceptors (Lipinski definition) is 3. The zero-order valence-corrected chi connectivity index (χ0v) is 14.2. The van der Waals surface area contributed by atoms with Crippen molar-refractivity contribution in [1.82, 2.24) is 5.32 Å². The van der Waals surface area contributed by atoms with Gasteiger partial charge in [-0.3, -0.25) is 4.79 Å². The van der Waals surface area contributed by atoms with Crippen molar-refractivity contribution in [1.29, 1.82) is 0 Å². The lowest BCUT2D eigenvalue weighted by Crippen LogP contribution is -2.32. The Morgan fingerprint density at radius 3 is 2.82 bits per heavy atom. The van der Waals surface area contributed by atoms with Crippen LogP contribution in [0, 0.1) is 11.8 Å². The third-order valence-corrected chi connectivity index (χ3v) is 4.22. The number of hydrogen-bond donors (Lipinski definition) is 2. The van der Waals surface area contributed by atoms with Crippen molar-refractivity contribution in [3.63, 3.8) is 0 Å². The molecule has 1 fully saturated rings. The lowest BCUT2D eigenvalue weighted by molar-refractivity contribution is -0.117. The number of amides is 1. The van der Waals surface area contributed by atoms with E-state index >= 15 is 0 Å². The quantitative estimate of drug-likeness (QED) is 0.844. The van der Waals surface area contributed by atoms with Crippen molar-refractivity contribution in [3.05, 3.63) is 29.8 Å². The van der Waals surface area contributed by atoms with Crippen LogP contribution in [0.4, 0.5) is 5.69 Å². The van der Waals surface area contributed by atoms with Crippen molar-refractivity contribution in [3.8, 4) is 0 Å². The Bertz CT molecular complexity index is 462. The van der Waals surface area contributed by atoms with E-state index in [0.717, 1.165) is 24.3 Å². The number of halogens is 1. The Morgan fingerprint density at radius 1 is 1.41 bits per heavy atom. The third kappa shape index (κ3) is 5.95. The van der Waals surface area contributed by atoms with Crippen LogP contribution in [0.3, 0.4) is 0 Å². The highest BCUT2D eigenvalue weighted by atomic mass is 35.5. The van der Waals surface area contributed by atoms with E-state index in [2.05, 4.69) is 17.6 Å². The Hall–Kier alpha value is -1.10. The lowest BCUT2D eigenvalue weighted by Gasteiger charge is -2.27. The molecule has 1 aromatic rings. The maximum absolute atomic E-state index is 12.2. The van der Waals surface area contributed by atoms with E-state index in [9.17, 15) is 4.79 Å². The smallest absolute Gasteiger partial charge is 0.224 e.